The van der Waals surface area contributed by atoms with Crippen molar-refractivity contribution in [3.05, 3.63) is 36.4 Å². The number of nitrogens with zero attached hydrogens (tertiary/aromatic N) is 3. The number of nitrogens with two attached hydrogens (primary N) is 2. The third-order valence-electron chi connectivity index (χ3n) is 4.06. The second kappa shape index (κ2) is 13.2. The molecule has 0 aliphatic heterocycles. The Balaban J connectivity index is 0.00000291. The van der Waals surface area contributed by atoms with Crippen LogP contribution in [0.25, 0.3) is 10.8 Å². The Kier molecular flexibility index (Phi) is 11.9. The smallest absolute Gasteiger partial charge is 0.323 e. The number of sulfonamides is 1. The molecule has 0 aliphatic rings. The summed E-state index contributed by atoms with van der Waals surface area (Å²) in [5.41, 5.74) is 10.5. The summed E-state index contributed by atoms with van der Waals surface area (Å²) >= 11 is 0. The van der Waals surface area contributed by atoms with Crippen molar-refractivity contribution < 1.29 is 22.7 Å². The molecule has 0 aliphatic carbocycles. The summed E-state index contributed by atoms with van der Waals surface area (Å²) in [4.78, 5) is 15.8. The minimum atomic E-state index is -3.94. The molecule has 0 aromatic heterocycles. The lowest BCUT2D eigenvalue weighted by atomic mass is 10.1. The van der Waals surface area contributed by atoms with E-state index in [0.29, 0.717) is 12.2 Å². The van der Waals surface area contributed by atoms with Crippen LogP contribution in [0.3, 0.4) is 0 Å². The number of carbonyl (C=O) groups excluding carboxylic acids is 1. The highest BCUT2D eigenvalue weighted by Crippen LogP contribution is 2.24. The predicted molar refractivity (Wildman–Crippen MR) is 117 cm³/mol. The standard InChI is InChI=1S/C18H24N4O5S.ClH.N2/c1-26-14-7-5-13-11-15(8-6-12(13)10-14)28(24,25)22-16(17(23)27-2)4-3-9-21-18(19)20;;1-2/h5-8,10-11,16,22H,3-4,9H2,1-2H3,(H4,19,20,21);1H;/t16-;;/m0../s1. The van der Waals surface area contributed by atoms with E-state index in [2.05, 4.69) is 9.71 Å². The lowest BCUT2D eigenvalue weighted by Crippen LogP contribution is -2.41. The van der Waals surface area contributed by atoms with Gasteiger partial charge in [0.2, 0.25) is 10.0 Å². The van der Waals surface area contributed by atoms with E-state index in [1.54, 1.807) is 31.4 Å². The normalized spacial score (nSPS) is 11.2. The number of halogens is 1. The molecule has 2 aromatic carbocycles. The van der Waals surface area contributed by atoms with Gasteiger partial charge in [-0.2, -0.15) is 4.72 Å². The maximum absolute atomic E-state index is 12.8. The van der Waals surface area contributed by atoms with E-state index in [-0.39, 0.29) is 36.2 Å². The number of methoxy groups -OCH3 is 2. The topological polar surface area (TPSA) is 194 Å². The first kappa shape index (κ1) is 27.9. The zero-order valence-corrected chi connectivity index (χ0v) is 18.6. The number of ether oxygens (including phenoxy) is 2. The molecule has 2 rings (SSSR count). The molecule has 170 valence electrons. The molecule has 13 heteroatoms. The number of fused-ring (bicyclic) bond motifs is 1. The van der Waals surface area contributed by atoms with Crippen molar-refractivity contribution in [2.24, 2.45) is 16.5 Å². The molecule has 2 aromatic rings. The second-order valence-electron chi connectivity index (χ2n) is 6.02. The number of aliphatic imine (C=N–C) groups is 1. The number of hydrogen-bond donors (Lipinski definition) is 3. The monoisotopic (exact) mass is 472 g/mol. The molecule has 11 nitrogen and oxygen atoms in total. The van der Waals surface area contributed by atoms with Crippen LogP contribution in [-0.2, 0) is 19.6 Å². The Morgan fingerprint density at radius 1 is 1.13 bits per heavy atom. The van der Waals surface area contributed by atoms with Crippen LogP contribution in [0.4, 0.5) is 0 Å². The van der Waals surface area contributed by atoms with Gasteiger partial charge in [0, 0.05) is 17.3 Å². The number of carbonyl (C=O) groups is 1. The summed E-state index contributed by atoms with van der Waals surface area (Å²) in [5, 5.41) is 13.6. The molecule has 0 bridgehead atoms. The van der Waals surface area contributed by atoms with Crippen LogP contribution in [0.15, 0.2) is 46.3 Å². The molecule has 5 N–H and O–H groups in total. The first-order valence-corrected chi connectivity index (χ1v) is 10.2. The van der Waals surface area contributed by atoms with Gasteiger partial charge >= 0.3 is 5.97 Å². The summed E-state index contributed by atoms with van der Waals surface area (Å²) < 4.78 is 37.8. The van der Waals surface area contributed by atoms with E-state index in [1.807, 2.05) is 0 Å². The number of hydrogen-bond acceptors (Lipinski definition) is 8. The minimum Gasteiger partial charge on any atom is -0.497 e. The highest BCUT2D eigenvalue weighted by molar-refractivity contribution is 7.89. The average molecular weight is 473 g/mol. The fraction of sp³-hybridized carbons (Fsp3) is 0.333. The van der Waals surface area contributed by atoms with Crippen LogP contribution < -0.4 is 20.9 Å². The van der Waals surface area contributed by atoms with E-state index in [4.69, 9.17) is 31.7 Å². The molecule has 31 heavy (non-hydrogen) atoms. The summed E-state index contributed by atoms with van der Waals surface area (Å²) in [7, 11) is -1.19. The van der Waals surface area contributed by atoms with Crippen molar-refractivity contribution in [3.63, 3.8) is 0 Å². The third-order valence-corrected chi connectivity index (χ3v) is 5.53. The maximum Gasteiger partial charge on any atom is 0.323 e. The molecule has 0 saturated carbocycles. The number of guanidine groups is 1. The van der Waals surface area contributed by atoms with Gasteiger partial charge in [0.1, 0.15) is 11.8 Å². The number of nitrogens with one attached hydrogen (secondary N) is 1. The van der Waals surface area contributed by atoms with Crippen molar-refractivity contribution in [1.29, 1.82) is 10.8 Å². The zero-order valence-electron chi connectivity index (χ0n) is 17.0. The van der Waals surface area contributed by atoms with Crippen LogP contribution >= 0.6 is 12.4 Å². The Hall–Kier alpha value is -3.14. The first-order valence-electron chi connectivity index (χ1n) is 8.70. The van der Waals surface area contributed by atoms with Crippen molar-refractivity contribution in [3.8, 4) is 5.75 Å². The van der Waals surface area contributed by atoms with Gasteiger partial charge in [0.15, 0.2) is 5.96 Å². The maximum atomic E-state index is 12.8. The molecule has 0 spiro atoms. The predicted octanol–water partition coefficient (Wildman–Crippen LogP) is 1.17. The van der Waals surface area contributed by atoms with E-state index < -0.39 is 22.0 Å². The van der Waals surface area contributed by atoms with E-state index in [1.165, 1.54) is 19.2 Å². The van der Waals surface area contributed by atoms with Gasteiger partial charge in [0.05, 0.1) is 19.1 Å². The highest BCUT2D eigenvalue weighted by atomic mass is 35.5. The molecule has 1 atom stereocenters. The summed E-state index contributed by atoms with van der Waals surface area (Å²) in [5.74, 6) is -0.0745. The van der Waals surface area contributed by atoms with Gasteiger partial charge in [-0.25, -0.2) is 8.42 Å². The van der Waals surface area contributed by atoms with Gasteiger partial charge in [-0.05, 0) is 47.9 Å². The Bertz CT molecular complexity index is 1020. The number of esters is 1. The fourth-order valence-corrected chi connectivity index (χ4v) is 3.88. The Morgan fingerprint density at radius 3 is 2.32 bits per heavy atom. The van der Waals surface area contributed by atoms with Crippen LogP contribution in [0.1, 0.15) is 12.8 Å². The van der Waals surface area contributed by atoms with Crippen molar-refractivity contribution in [2.75, 3.05) is 20.8 Å². The molecule has 0 fully saturated rings. The molecule has 0 saturated heterocycles. The Morgan fingerprint density at radius 2 is 1.74 bits per heavy atom. The molecular formula is C18H25ClN6O5S. The SMILES string of the molecule is COC(=O)[C@H](CCCN=C(N)N)NS(=O)(=O)c1ccc2cc(OC)ccc2c1.Cl.N#N. The lowest BCUT2D eigenvalue weighted by Gasteiger charge is -2.16. The third kappa shape index (κ3) is 8.25. The summed E-state index contributed by atoms with van der Waals surface area (Å²) in [6, 6.07) is 8.95. The Labute approximate surface area is 186 Å². The molecule has 0 radical (unpaired) electrons. The van der Waals surface area contributed by atoms with Crippen molar-refractivity contribution in [1.82, 2.24) is 4.72 Å². The molecular weight excluding hydrogens is 448 g/mol. The van der Waals surface area contributed by atoms with Gasteiger partial charge in [-0.3, -0.25) is 9.79 Å². The molecule has 0 amide bonds. The quantitative estimate of drug-likeness (QED) is 0.158. The van der Waals surface area contributed by atoms with E-state index >= 15 is 0 Å². The summed E-state index contributed by atoms with van der Waals surface area (Å²) in [6.45, 7) is 0.273. The van der Waals surface area contributed by atoms with Crippen LogP contribution in [0, 0.1) is 10.8 Å². The van der Waals surface area contributed by atoms with E-state index in [9.17, 15) is 13.2 Å². The largest absolute Gasteiger partial charge is 0.497 e. The first-order chi connectivity index (χ1) is 14.3. The molecule has 0 heterocycles. The van der Waals surface area contributed by atoms with Crippen LogP contribution in [0.5, 0.6) is 5.75 Å². The number of benzene rings is 2. The van der Waals surface area contributed by atoms with Crippen molar-refractivity contribution >= 4 is 45.1 Å². The van der Waals surface area contributed by atoms with Crippen LogP contribution in [-0.4, -0.2) is 47.2 Å². The fourth-order valence-electron chi connectivity index (χ4n) is 2.62. The highest BCUT2D eigenvalue weighted by Gasteiger charge is 2.26. The van der Waals surface area contributed by atoms with Gasteiger partial charge < -0.3 is 20.9 Å². The number of rotatable bonds is 9. The van der Waals surface area contributed by atoms with Gasteiger partial charge in [-0.1, -0.05) is 12.1 Å². The minimum absolute atomic E-state index is 0. The van der Waals surface area contributed by atoms with Crippen molar-refractivity contribution in [2.45, 2.75) is 23.8 Å². The van der Waals surface area contributed by atoms with E-state index in [0.717, 1.165) is 10.8 Å². The van der Waals surface area contributed by atoms with Gasteiger partial charge in [0.25, 0.3) is 0 Å². The van der Waals surface area contributed by atoms with Crippen LogP contribution in [0.2, 0.25) is 0 Å². The zero-order chi connectivity index (χ0) is 22.7. The van der Waals surface area contributed by atoms with Gasteiger partial charge in [-0.15, -0.1) is 12.4 Å². The lowest BCUT2D eigenvalue weighted by molar-refractivity contribution is -0.142. The molecule has 0 unspecified atom stereocenters. The second-order valence-corrected chi connectivity index (χ2v) is 7.73. The summed E-state index contributed by atoms with van der Waals surface area (Å²) in [6.07, 6.45) is 0.588. The average Bonchev–Trinajstić information content (AvgIpc) is 2.75.